The molecule has 4 atom stereocenters. The maximum absolute atomic E-state index is 14.5. The maximum Gasteiger partial charge on any atom is 0.256 e. The zero-order valence-corrected chi connectivity index (χ0v) is 26.6. The zero-order valence-electron chi connectivity index (χ0n) is 25.8. The summed E-state index contributed by atoms with van der Waals surface area (Å²) in [6.07, 6.45) is 3.05. The lowest BCUT2D eigenvalue weighted by molar-refractivity contribution is -0.136. The minimum Gasteiger partial charge on any atom is -0.493 e. The van der Waals surface area contributed by atoms with Gasteiger partial charge in [-0.3, -0.25) is 9.59 Å². The Morgan fingerprint density at radius 1 is 0.833 bits per heavy atom. The van der Waals surface area contributed by atoms with Crippen molar-refractivity contribution in [2.45, 2.75) is 57.5 Å². The number of likely N-dealkylation sites (tertiary alicyclic amines) is 1. The lowest BCUT2D eigenvalue weighted by atomic mass is 9.65. The van der Waals surface area contributed by atoms with Gasteiger partial charge in [0.1, 0.15) is 11.4 Å². The monoisotopic (exact) mass is 598 g/mol. The van der Waals surface area contributed by atoms with Gasteiger partial charge in [0.25, 0.3) is 5.91 Å². The summed E-state index contributed by atoms with van der Waals surface area (Å²) in [6.45, 7) is 7.60. The van der Waals surface area contributed by atoms with E-state index in [1.165, 1.54) is 21.3 Å². The minimum absolute atomic E-state index is 0.0118. The molecule has 0 radical (unpaired) electrons. The second kappa shape index (κ2) is 11.4. The molecule has 42 heavy (non-hydrogen) atoms. The third-order valence-electron chi connectivity index (χ3n) is 8.82. The predicted molar refractivity (Wildman–Crippen MR) is 162 cm³/mol. The van der Waals surface area contributed by atoms with E-state index in [0.29, 0.717) is 46.6 Å². The van der Waals surface area contributed by atoms with E-state index in [1.807, 2.05) is 18.2 Å². The van der Waals surface area contributed by atoms with E-state index in [9.17, 15) is 9.59 Å². The molecule has 2 bridgehead atoms. The molecule has 0 spiro atoms. The predicted octanol–water partition coefficient (Wildman–Crippen LogP) is 5.41. The van der Waals surface area contributed by atoms with E-state index >= 15 is 0 Å². The fraction of sp³-hybridized carbons (Fsp3) is 0.562. The molecular formula is C32H42N2O7S. The molecular weight excluding hydrogens is 556 g/mol. The molecule has 2 amide bonds. The lowest BCUT2D eigenvalue weighted by Crippen LogP contribution is -2.51. The molecule has 0 N–H and O–H groups in total. The largest absolute Gasteiger partial charge is 0.493 e. The first kappa shape index (κ1) is 30.2. The molecule has 2 aromatic rings. The van der Waals surface area contributed by atoms with Gasteiger partial charge in [-0.1, -0.05) is 26.8 Å². The molecule has 228 valence electrons. The summed E-state index contributed by atoms with van der Waals surface area (Å²) in [5.41, 5.74) is 1.46. The van der Waals surface area contributed by atoms with Crippen LogP contribution in [0, 0.1) is 10.8 Å². The van der Waals surface area contributed by atoms with Crippen LogP contribution in [0.4, 0.5) is 0 Å². The van der Waals surface area contributed by atoms with E-state index in [-0.39, 0.29) is 28.7 Å². The molecule has 9 nitrogen and oxygen atoms in total. The molecule has 3 aliphatic rings. The van der Waals surface area contributed by atoms with Crippen molar-refractivity contribution in [1.82, 2.24) is 9.80 Å². The SMILES string of the molecule is COc1ccc(C2SCC(C(=O)N3CC4(C)CC3CC(C)(C)C4)N2C(=O)c2cc(OC)c(OC)c(OC)c2)cc1OC. The van der Waals surface area contributed by atoms with Crippen molar-refractivity contribution in [3.05, 3.63) is 41.5 Å². The molecule has 2 aliphatic heterocycles. The number of methoxy groups -OCH3 is 5. The Morgan fingerprint density at radius 2 is 1.48 bits per heavy atom. The van der Waals surface area contributed by atoms with E-state index in [1.54, 1.807) is 43.0 Å². The number of fused-ring (bicyclic) bond motifs is 2. The lowest BCUT2D eigenvalue weighted by Gasteiger charge is -2.39. The van der Waals surface area contributed by atoms with Crippen molar-refractivity contribution >= 4 is 23.6 Å². The molecule has 5 rings (SSSR count). The molecule has 1 saturated carbocycles. The molecule has 0 aromatic heterocycles. The Hall–Kier alpha value is -3.27. The summed E-state index contributed by atoms with van der Waals surface area (Å²) in [4.78, 5) is 32.7. The van der Waals surface area contributed by atoms with Crippen LogP contribution in [0.2, 0.25) is 0 Å². The van der Waals surface area contributed by atoms with Crippen LogP contribution in [0.5, 0.6) is 28.7 Å². The molecule has 10 heteroatoms. The van der Waals surface area contributed by atoms with Crippen LogP contribution < -0.4 is 23.7 Å². The molecule has 2 aromatic carbocycles. The van der Waals surface area contributed by atoms with Crippen LogP contribution >= 0.6 is 11.8 Å². The van der Waals surface area contributed by atoms with Crippen molar-refractivity contribution in [1.29, 1.82) is 0 Å². The van der Waals surface area contributed by atoms with Crippen molar-refractivity contribution in [2.75, 3.05) is 47.8 Å². The first-order valence-corrected chi connectivity index (χ1v) is 15.3. The van der Waals surface area contributed by atoms with Crippen molar-refractivity contribution in [3.8, 4) is 28.7 Å². The summed E-state index contributed by atoms with van der Waals surface area (Å²) in [7, 11) is 7.73. The highest BCUT2D eigenvalue weighted by Crippen LogP contribution is 2.54. The smallest absolute Gasteiger partial charge is 0.256 e. The number of amides is 2. The zero-order chi connectivity index (χ0) is 30.4. The number of rotatable bonds is 8. The van der Waals surface area contributed by atoms with Crippen LogP contribution in [-0.2, 0) is 4.79 Å². The van der Waals surface area contributed by atoms with Gasteiger partial charge in [0, 0.05) is 23.9 Å². The van der Waals surface area contributed by atoms with Crippen LogP contribution in [0.25, 0.3) is 0 Å². The number of hydrogen-bond donors (Lipinski definition) is 0. The highest BCUT2D eigenvalue weighted by atomic mass is 32.2. The first-order valence-electron chi connectivity index (χ1n) is 14.2. The minimum atomic E-state index is -0.634. The van der Waals surface area contributed by atoms with Gasteiger partial charge < -0.3 is 33.5 Å². The number of hydrogen-bond acceptors (Lipinski definition) is 8. The third kappa shape index (κ3) is 5.34. The Labute approximate surface area is 252 Å². The summed E-state index contributed by atoms with van der Waals surface area (Å²) in [6, 6.07) is 8.47. The van der Waals surface area contributed by atoms with Crippen molar-refractivity contribution in [3.63, 3.8) is 0 Å². The highest BCUT2D eigenvalue weighted by molar-refractivity contribution is 7.99. The van der Waals surface area contributed by atoms with Gasteiger partial charge in [0.15, 0.2) is 23.0 Å². The number of ether oxygens (including phenoxy) is 5. The molecule has 2 heterocycles. The summed E-state index contributed by atoms with van der Waals surface area (Å²) >= 11 is 1.58. The van der Waals surface area contributed by atoms with Crippen molar-refractivity contribution in [2.24, 2.45) is 10.8 Å². The summed E-state index contributed by atoms with van der Waals surface area (Å²) in [5, 5.41) is -0.417. The van der Waals surface area contributed by atoms with Gasteiger partial charge in [0.2, 0.25) is 11.7 Å². The first-order chi connectivity index (χ1) is 20.0. The Bertz CT molecular complexity index is 1340. The normalized spacial score (nSPS) is 26.1. The Balaban J connectivity index is 1.56. The number of benzene rings is 2. The van der Waals surface area contributed by atoms with E-state index in [0.717, 1.165) is 24.8 Å². The number of carbonyl (C=O) groups excluding carboxylic acids is 2. The van der Waals surface area contributed by atoms with Crippen LogP contribution in [0.1, 0.15) is 61.3 Å². The van der Waals surface area contributed by atoms with Gasteiger partial charge >= 0.3 is 0 Å². The van der Waals surface area contributed by atoms with E-state index < -0.39 is 11.4 Å². The van der Waals surface area contributed by atoms with Crippen molar-refractivity contribution < 1.29 is 33.3 Å². The fourth-order valence-electron chi connectivity index (χ4n) is 7.47. The highest BCUT2D eigenvalue weighted by Gasteiger charge is 2.54. The molecule has 2 saturated heterocycles. The van der Waals surface area contributed by atoms with Crippen LogP contribution in [0.3, 0.4) is 0 Å². The number of nitrogens with zero attached hydrogens (tertiary/aromatic N) is 2. The van der Waals surface area contributed by atoms with E-state index in [4.69, 9.17) is 23.7 Å². The second-order valence-electron chi connectivity index (χ2n) is 12.6. The number of carbonyl (C=O) groups is 2. The molecule has 4 unspecified atom stereocenters. The van der Waals surface area contributed by atoms with Gasteiger partial charge in [-0.25, -0.2) is 0 Å². The molecule has 1 aliphatic carbocycles. The topological polar surface area (TPSA) is 86.8 Å². The summed E-state index contributed by atoms with van der Waals surface area (Å²) < 4.78 is 27.6. The average molecular weight is 599 g/mol. The Morgan fingerprint density at radius 3 is 2.07 bits per heavy atom. The third-order valence-corrected chi connectivity index (χ3v) is 10.1. The van der Waals surface area contributed by atoms with Gasteiger partial charge in [-0.05, 0) is 59.9 Å². The maximum atomic E-state index is 14.5. The second-order valence-corrected chi connectivity index (χ2v) is 13.7. The van der Waals surface area contributed by atoms with Crippen LogP contribution in [-0.4, -0.2) is 81.5 Å². The average Bonchev–Trinajstić information content (AvgIpc) is 3.52. The fourth-order valence-corrected chi connectivity index (χ4v) is 8.88. The standard InChI is InChI=1S/C32H42N2O7S/c1-31(2)14-21-15-32(3,17-31)18-33(21)29(36)22-16-42-30(19-9-10-23(37-4)24(11-19)38-5)34(22)28(35)20-12-25(39-6)27(41-8)26(13-20)40-7/h9-13,21-22,30H,14-18H2,1-8H3. The molecule has 3 fully saturated rings. The Kier molecular flexibility index (Phi) is 8.22. The quantitative estimate of drug-likeness (QED) is 0.399. The van der Waals surface area contributed by atoms with Gasteiger partial charge in [-0.15, -0.1) is 11.8 Å². The summed E-state index contributed by atoms with van der Waals surface area (Å²) in [5.74, 6) is 2.52. The van der Waals surface area contributed by atoms with Gasteiger partial charge in [0.05, 0.1) is 35.5 Å². The van der Waals surface area contributed by atoms with E-state index in [2.05, 4.69) is 25.7 Å². The van der Waals surface area contributed by atoms with Gasteiger partial charge in [-0.2, -0.15) is 0 Å². The van der Waals surface area contributed by atoms with Crippen LogP contribution in [0.15, 0.2) is 30.3 Å². The number of thioether (sulfide) groups is 1.